The fourth-order valence-electron chi connectivity index (χ4n) is 4.04. The van der Waals surface area contributed by atoms with Crippen LogP contribution in [-0.4, -0.2) is 34.0 Å². The predicted octanol–water partition coefficient (Wildman–Crippen LogP) is 4.29. The van der Waals surface area contributed by atoms with E-state index in [4.69, 9.17) is 11.6 Å². The average Bonchev–Trinajstić information content (AvgIpc) is 2.81. The summed E-state index contributed by atoms with van der Waals surface area (Å²) in [6.45, 7) is 2.37. The van der Waals surface area contributed by atoms with Gasteiger partial charge in [0.25, 0.3) is 5.91 Å². The molecule has 2 aromatic carbocycles. The van der Waals surface area contributed by atoms with E-state index in [9.17, 15) is 14.3 Å². The zero-order valence-electron chi connectivity index (χ0n) is 17.6. The van der Waals surface area contributed by atoms with Gasteiger partial charge in [0.1, 0.15) is 11.4 Å². The molecule has 1 aromatic heterocycles. The number of likely N-dealkylation sites (tertiary alicyclic amines) is 1. The van der Waals surface area contributed by atoms with Crippen LogP contribution in [0, 0.1) is 5.82 Å². The number of hydrogen-bond acceptors (Lipinski definition) is 4. The molecule has 32 heavy (non-hydrogen) atoms. The second-order valence-electron chi connectivity index (χ2n) is 8.13. The molecule has 3 aromatic rings. The minimum absolute atomic E-state index is 0.211. The van der Waals surface area contributed by atoms with Gasteiger partial charge < -0.3 is 10.4 Å². The number of pyridine rings is 1. The third kappa shape index (κ3) is 5.33. The van der Waals surface area contributed by atoms with Crippen molar-refractivity contribution in [1.29, 1.82) is 0 Å². The maximum Gasteiger partial charge on any atom is 0.251 e. The Bertz CT molecular complexity index is 1070. The van der Waals surface area contributed by atoms with E-state index in [0.717, 1.165) is 11.1 Å². The number of piperidine rings is 1. The van der Waals surface area contributed by atoms with Crippen molar-refractivity contribution in [2.24, 2.45) is 0 Å². The number of hydrogen-bond donors (Lipinski definition) is 2. The van der Waals surface area contributed by atoms with Gasteiger partial charge in [0.15, 0.2) is 0 Å². The zero-order chi connectivity index (χ0) is 22.6. The molecule has 1 saturated heterocycles. The Kier molecular flexibility index (Phi) is 6.84. The lowest BCUT2D eigenvalue weighted by molar-refractivity contribution is -0.0318. The summed E-state index contributed by atoms with van der Waals surface area (Å²) in [6.07, 6.45) is 2.73. The van der Waals surface area contributed by atoms with Gasteiger partial charge in [-0.05, 0) is 66.4 Å². The summed E-state index contributed by atoms with van der Waals surface area (Å²) in [6, 6.07) is 16.9. The maximum atomic E-state index is 13.1. The first kappa shape index (κ1) is 22.4. The number of carbonyl (C=O) groups is 1. The van der Waals surface area contributed by atoms with Crippen LogP contribution in [0.1, 0.15) is 40.0 Å². The summed E-state index contributed by atoms with van der Waals surface area (Å²) in [4.78, 5) is 19.2. The number of aromatic nitrogens is 1. The van der Waals surface area contributed by atoms with Crippen molar-refractivity contribution in [3.8, 4) is 0 Å². The van der Waals surface area contributed by atoms with Crippen LogP contribution in [-0.2, 0) is 18.7 Å². The second-order valence-corrected chi connectivity index (χ2v) is 8.57. The zero-order valence-corrected chi connectivity index (χ0v) is 18.4. The number of rotatable bonds is 6. The maximum absolute atomic E-state index is 13.1. The minimum atomic E-state index is -1.05. The molecule has 166 valence electrons. The molecule has 1 aliphatic heterocycles. The molecule has 1 fully saturated rings. The van der Waals surface area contributed by atoms with Crippen molar-refractivity contribution in [2.75, 3.05) is 13.1 Å². The second kappa shape index (κ2) is 9.77. The molecule has 1 aliphatic rings. The van der Waals surface area contributed by atoms with Crippen LogP contribution in [0.2, 0.25) is 5.02 Å². The van der Waals surface area contributed by atoms with Crippen molar-refractivity contribution in [3.63, 3.8) is 0 Å². The van der Waals surface area contributed by atoms with Crippen molar-refractivity contribution in [1.82, 2.24) is 15.2 Å². The molecule has 0 saturated carbocycles. The first-order chi connectivity index (χ1) is 15.4. The van der Waals surface area contributed by atoms with E-state index in [2.05, 4.69) is 15.2 Å². The summed E-state index contributed by atoms with van der Waals surface area (Å²) >= 11 is 5.89. The van der Waals surface area contributed by atoms with E-state index in [-0.39, 0.29) is 18.3 Å². The third-order valence-electron chi connectivity index (χ3n) is 5.88. The van der Waals surface area contributed by atoms with Gasteiger partial charge in [-0.1, -0.05) is 29.8 Å². The summed E-state index contributed by atoms with van der Waals surface area (Å²) in [5.41, 5.74) is 1.91. The Labute approximate surface area is 191 Å². The number of nitrogens with zero attached hydrogens (tertiary/aromatic N) is 2. The van der Waals surface area contributed by atoms with E-state index in [1.54, 1.807) is 48.7 Å². The van der Waals surface area contributed by atoms with E-state index in [1.165, 1.54) is 12.1 Å². The first-order valence-electron chi connectivity index (χ1n) is 10.6. The molecule has 4 rings (SSSR count). The van der Waals surface area contributed by atoms with E-state index in [1.807, 2.05) is 6.07 Å². The molecular weight excluding hydrogens is 429 g/mol. The summed E-state index contributed by atoms with van der Waals surface area (Å²) in [7, 11) is 0. The van der Waals surface area contributed by atoms with Crippen LogP contribution in [0.15, 0.2) is 66.9 Å². The largest absolute Gasteiger partial charge is 0.383 e. The van der Waals surface area contributed by atoms with Crippen LogP contribution in [0.4, 0.5) is 4.39 Å². The Balaban J connectivity index is 1.40. The summed E-state index contributed by atoms with van der Waals surface area (Å²) in [5, 5.41) is 14.9. The fourth-order valence-corrected chi connectivity index (χ4v) is 4.17. The highest BCUT2D eigenvalue weighted by atomic mass is 35.5. The van der Waals surface area contributed by atoms with Gasteiger partial charge in [0, 0.05) is 43.0 Å². The van der Waals surface area contributed by atoms with Crippen LogP contribution >= 0.6 is 11.6 Å². The highest BCUT2D eigenvalue weighted by molar-refractivity contribution is 6.30. The van der Waals surface area contributed by atoms with E-state index in [0.29, 0.717) is 48.8 Å². The molecule has 0 aliphatic carbocycles. The van der Waals surface area contributed by atoms with Crippen molar-refractivity contribution in [3.05, 3.63) is 100 Å². The Morgan fingerprint density at radius 3 is 2.47 bits per heavy atom. The lowest BCUT2D eigenvalue weighted by Gasteiger charge is -2.38. The Morgan fingerprint density at radius 1 is 1.09 bits per heavy atom. The van der Waals surface area contributed by atoms with Gasteiger partial charge in [-0.15, -0.1) is 0 Å². The molecule has 7 heteroatoms. The molecule has 0 unspecified atom stereocenters. The van der Waals surface area contributed by atoms with Crippen molar-refractivity contribution < 1.29 is 14.3 Å². The summed E-state index contributed by atoms with van der Waals surface area (Å²) < 4.78 is 13.1. The quantitative estimate of drug-likeness (QED) is 0.584. The molecule has 2 heterocycles. The monoisotopic (exact) mass is 453 g/mol. The summed E-state index contributed by atoms with van der Waals surface area (Å²) in [5.74, 6) is -0.454. The van der Waals surface area contributed by atoms with Gasteiger partial charge in [0.2, 0.25) is 0 Å². The van der Waals surface area contributed by atoms with Crippen LogP contribution in [0.25, 0.3) is 0 Å². The smallest absolute Gasteiger partial charge is 0.251 e. The van der Waals surface area contributed by atoms with Crippen LogP contribution < -0.4 is 5.32 Å². The van der Waals surface area contributed by atoms with Crippen LogP contribution in [0.5, 0.6) is 0 Å². The van der Waals surface area contributed by atoms with E-state index >= 15 is 0 Å². The number of aliphatic hydroxyl groups is 1. The van der Waals surface area contributed by atoms with E-state index < -0.39 is 5.60 Å². The molecule has 0 radical (unpaired) electrons. The molecule has 0 spiro atoms. The third-order valence-corrected chi connectivity index (χ3v) is 6.13. The van der Waals surface area contributed by atoms with Crippen molar-refractivity contribution >= 4 is 17.5 Å². The fraction of sp³-hybridized carbons (Fsp3) is 0.280. The topological polar surface area (TPSA) is 65.5 Å². The van der Waals surface area contributed by atoms with Gasteiger partial charge in [-0.25, -0.2) is 4.39 Å². The standard InChI is InChI=1S/C25H25ClFN3O2/c26-21-7-5-19(6-8-21)24(31)29-16-20-2-1-13-28-23(20)25(32)11-14-30(15-12-25)17-18-3-9-22(27)10-4-18/h1-10,13,32H,11-12,14-17H2,(H,29,31). The van der Waals surface area contributed by atoms with Gasteiger partial charge in [0.05, 0.1) is 5.69 Å². The molecular formula is C25H25ClFN3O2. The molecule has 1 amide bonds. The molecule has 0 bridgehead atoms. The van der Waals surface area contributed by atoms with Crippen LogP contribution in [0.3, 0.4) is 0 Å². The molecule has 5 nitrogen and oxygen atoms in total. The number of nitrogens with one attached hydrogen (secondary N) is 1. The van der Waals surface area contributed by atoms with Crippen molar-refractivity contribution in [2.45, 2.75) is 31.5 Å². The molecule has 0 atom stereocenters. The van der Waals surface area contributed by atoms with Gasteiger partial charge in [-0.2, -0.15) is 0 Å². The normalized spacial score (nSPS) is 16.0. The number of carbonyl (C=O) groups excluding carboxylic acids is 1. The van der Waals surface area contributed by atoms with Gasteiger partial charge in [-0.3, -0.25) is 14.7 Å². The molecule has 2 N–H and O–H groups in total. The number of amides is 1. The predicted molar refractivity (Wildman–Crippen MR) is 122 cm³/mol. The number of halogens is 2. The number of benzene rings is 2. The average molecular weight is 454 g/mol. The minimum Gasteiger partial charge on any atom is -0.383 e. The Morgan fingerprint density at radius 2 is 1.78 bits per heavy atom. The van der Waals surface area contributed by atoms with Gasteiger partial charge >= 0.3 is 0 Å². The highest BCUT2D eigenvalue weighted by Gasteiger charge is 2.36. The first-order valence-corrected chi connectivity index (χ1v) is 11.0. The lowest BCUT2D eigenvalue weighted by atomic mass is 9.85. The highest BCUT2D eigenvalue weighted by Crippen LogP contribution is 2.34. The SMILES string of the molecule is O=C(NCc1cccnc1C1(O)CCN(Cc2ccc(F)cc2)CC1)c1ccc(Cl)cc1. The lowest BCUT2D eigenvalue weighted by Crippen LogP contribution is -2.43. The Hall–Kier alpha value is -2.80.